The van der Waals surface area contributed by atoms with Gasteiger partial charge >= 0.3 is 0 Å². The molecule has 0 saturated carbocycles. The van der Waals surface area contributed by atoms with Crippen molar-refractivity contribution in [3.63, 3.8) is 0 Å². The smallest absolute Gasteiger partial charge is 0.227 e. The Kier molecular flexibility index (Phi) is 6.89. The number of carbonyl (C=O) groups is 2. The highest BCUT2D eigenvalue weighted by atomic mass is 16.2. The highest BCUT2D eigenvalue weighted by molar-refractivity contribution is 5.80. The fraction of sp³-hybridized carbons (Fsp3) is 0.636. The van der Waals surface area contributed by atoms with Gasteiger partial charge in [0.25, 0.3) is 0 Å². The first-order valence-electron chi connectivity index (χ1n) is 10.4. The van der Waals surface area contributed by atoms with Crippen molar-refractivity contribution in [2.24, 2.45) is 11.8 Å². The first-order chi connectivity index (χ1) is 13.0. The number of benzene rings is 1. The van der Waals surface area contributed by atoms with Gasteiger partial charge < -0.3 is 15.1 Å². The van der Waals surface area contributed by atoms with Crippen LogP contribution in [0.25, 0.3) is 0 Å². The van der Waals surface area contributed by atoms with Gasteiger partial charge in [0.05, 0.1) is 6.42 Å². The van der Waals surface area contributed by atoms with Gasteiger partial charge in [-0.1, -0.05) is 31.2 Å². The van der Waals surface area contributed by atoms with Gasteiger partial charge in [0.2, 0.25) is 11.8 Å². The Balaban J connectivity index is 1.44. The summed E-state index contributed by atoms with van der Waals surface area (Å²) >= 11 is 0. The molecule has 2 aliphatic rings. The number of carbonyl (C=O) groups excluding carboxylic acids is 2. The third-order valence-electron chi connectivity index (χ3n) is 6.27. The molecule has 2 aliphatic heterocycles. The zero-order chi connectivity index (χ0) is 19.2. The lowest BCUT2D eigenvalue weighted by Gasteiger charge is -2.36. The minimum atomic E-state index is 0.166. The molecule has 1 N–H and O–H groups in total. The second kappa shape index (κ2) is 9.36. The molecule has 1 aromatic carbocycles. The molecule has 3 rings (SSSR count). The van der Waals surface area contributed by atoms with E-state index in [4.69, 9.17) is 0 Å². The maximum atomic E-state index is 12.7. The Morgan fingerprint density at radius 2 is 1.63 bits per heavy atom. The molecule has 2 heterocycles. The first kappa shape index (κ1) is 19.9. The van der Waals surface area contributed by atoms with Crippen molar-refractivity contribution < 1.29 is 9.59 Å². The maximum Gasteiger partial charge on any atom is 0.227 e. The van der Waals surface area contributed by atoms with Crippen molar-refractivity contribution in [2.45, 2.75) is 39.5 Å². The second-order valence-electron chi connectivity index (χ2n) is 8.13. The van der Waals surface area contributed by atoms with E-state index >= 15 is 0 Å². The predicted molar refractivity (Wildman–Crippen MR) is 107 cm³/mol. The lowest BCUT2D eigenvalue weighted by Crippen LogP contribution is -2.51. The molecular formula is C22H33N3O2. The average molecular weight is 372 g/mol. The summed E-state index contributed by atoms with van der Waals surface area (Å²) in [7, 11) is 0. The van der Waals surface area contributed by atoms with Gasteiger partial charge in [0.15, 0.2) is 0 Å². The quantitative estimate of drug-likeness (QED) is 0.864. The number of hydrogen-bond donors (Lipinski definition) is 1. The molecule has 27 heavy (non-hydrogen) atoms. The van der Waals surface area contributed by atoms with Crippen molar-refractivity contribution in [2.75, 3.05) is 39.3 Å². The monoisotopic (exact) mass is 371 g/mol. The van der Waals surface area contributed by atoms with Crippen molar-refractivity contribution >= 4 is 11.8 Å². The summed E-state index contributed by atoms with van der Waals surface area (Å²) in [4.78, 5) is 29.1. The Labute approximate surface area is 163 Å². The van der Waals surface area contributed by atoms with Crippen LogP contribution in [0.4, 0.5) is 0 Å². The number of amides is 2. The molecule has 0 aliphatic carbocycles. The molecule has 5 heteroatoms. The van der Waals surface area contributed by atoms with Gasteiger partial charge in [-0.3, -0.25) is 9.59 Å². The second-order valence-corrected chi connectivity index (χ2v) is 8.13. The molecule has 1 unspecified atom stereocenters. The Morgan fingerprint density at radius 3 is 2.26 bits per heavy atom. The van der Waals surface area contributed by atoms with Gasteiger partial charge in [-0.25, -0.2) is 0 Å². The maximum absolute atomic E-state index is 12.7. The molecule has 0 spiro atoms. The zero-order valence-electron chi connectivity index (χ0n) is 16.7. The van der Waals surface area contributed by atoms with Crippen molar-refractivity contribution in [1.29, 1.82) is 0 Å². The van der Waals surface area contributed by atoms with Crippen molar-refractivity contribution in [3.05, 3.63) is 35.4 Å². The van der Waals surface area contributed by atoms with E-state index < -0.39 is 0 Å². The van der Waals surface area contributed by atoms with Crippen molar-refractivity contribution in [3.8, 4) is 0 Å². The van der Waals surface area contributed by atoms with E-state index in [-0.39, 0.29) is 11.8 Å². The van der Waals surface area contributed by atoms with E-state index in [0.717, 1.165) is 24.2 Å². The lowest BCUT2D eigenvalue weighted by atomic mass is 9.84. The van der Waals surface area contributed by atoms with Gasteiger partial charge in [0.1, 0.15) is 0 Å². The van der Waals surface area contributed by atoms with E-state index in [1.165, 1.54) is 12.8 Å². The van der Waals surface area contributed by atoms with E-state index in [9.17, 15) is 9.59 Å². The Morgan fingerprint density at radius 1 is 1.04 bits per heavy atom. The minimum absolute atomic E-state index is 0.166. The van der Waals surface area contributed by atoms with Crippen LogP contribution in [0.1, 0.15) is 37.3 Å². The van der Waals surface area contributed by atoms with E-state index in [1.54, 1.807) is 0 Å². The van der Waals surface area contributed by atoms with E-state index in [1.807, 2.05) is 41.0 Å². The van der Waals surface area contributed by atoms with Crippen LogP contribution in [0.3, 0.4) is 0 Å². The standard InChI is InChI=1S/C22H33N3O2/c1-17-5-3-4-6-20(17)16-22(27)25-13-11-24(12-14-25)21(26)15-18(2)19-7-9-23-10-8-19/h3-6,18-19,23H,7-16H2,1-2H3. The molecule has 1 atom stereocenters. The lowest BCUT2D eigenvalue weighted by molar-refractivity contribution is -0.140. The highest BCUT2D eigenvalue weighted by Gasteiger charge is 2.27. The summed E-state index contributed by atoms with van der Waals surface area (Å²) in [6.45, 7) is 9.04. The fourth-order valence-electron chi connectivity index (χ4n) is 4.27. The van der Waals surface area contributed by atoms with Crippen LogP contribution in [0.5, 0.6) is 0 Å². The number of hydrogen-bond acceptors (Lipinski definition) is 3. The molecule has 2 saturated heterocycles. The van der Waals surface area contributed by atoms with Crippen LogP contribution < -0.4 is 5.32 Å². The molecule has 1 aromatic rings. The molecule has 2 amide bonds. The van der Waals surface area contributed by atoms with E-state index in [0.29, 0.717) is 50.9 Å². The summed E-state index contributed by atoms with van der Waals surface area (Å²) in [5, 5.41) is 3.39. The van der Waals surface area contributed by atoms with Crippen LogP contribution in [0.15, 0.2) is 24.3 Å². The molecule has 5 nitrogen and oxygen atoms in total. The minimum Gasteiger partial charge on any atom is -0.339 e. The summed E-state index contributed by atoms with van der Waals surface area (Å²) in [5.41, 5.74) is 2.25. The molecule has 0 aromatic heterocycles. The third kappa shape index (κ3) is 5.32. The Bertz CT molecular complexity index is 647. The third-order valence-corrected chi connectivity index (χ3v) is 6.27. The van der Waals surface area contributed by atoms with Crippen LogP contribution in [0.2, 0.25) is 0 Å². The topological polar surface area (TPSA) is 52.7 Å². The SMILES string of the molecule is Cc1ccccc1CC(=O)N1CCN(C(=O)CC(C)C2CCNCC2)CC1. The van der Waals surface area contributed by atoms with Crippen LogP contribution in [0, 0.1) is 18.8 Å². The zero-order valence-corrected chi connectivity index (χ0v) is 16.7. The number of piperidine rings is 1. The summed E-state index contributed by atoms with van der Waals surface area (Å²) in [6.07, 6.45) is 3.44. The summed E-state index contributed by atoms with van der Waals surface area (Å²) in [6, 6.07) is 8.05. The molecule has 148 valence electrons. The first-order valence-corrected chi connectivity index (χ1v) is 10.4. The molecule has 0 radical (unpaired) electrons. The normalized spacial score (nSPS) is 19.8. The number of nitrogens with one attached hydrogen (secondary N) is 1. The average Bonchev–Trinajstić information content (AvgIpc) is 2.70. The fourth-order valence-corrected chi connectivity index (χ4v) is 4.27. The van der Waals surface area contributed by atoms with Crippen LogP contribution in [-0.4, -0.2) is 60.9 Å². The number of nitrogens with zero attached hydrogens (tertiary/aromatic N) is 2. The highest BCUT2D eigenvalue weighted by Crippen LogP contribution is 2.25. The van der Waals surface area contributed by atoms with Gasteiger partial charge in [-0.05, 0) is 55.8 Å². The van der Waals surface area contributed by atoms with Gasteiger partial charge in [-0.2, -0.15) is 0 Å². The van der Waals surface area contributed by atoms with E-state index in [2.05, 4.69) is 12.2 Å². The molecular weight excluding hydrogens is 338 g/mol. The van der Waals surface area contributed by atoms with Crippen LogP contribution in [-0.2, 0) is 16.0 Å². The predicted octanol–water partition coefficient (Wildman–Crippen LogP) is 2.23. The molecule has 0 bridgehead atoms. The van der Waals surface area contributed by atoms with Gasteiger partial charge in [0, 0.05) is 32.6 Å². The number of rotatable bonds is 5. The van der Waals surface area contributed by atoms with Crippen molar-refractivity contribution in [1.82, 2.24) is 15.1 Å². The summed E-state index contributed by atoms with van der Waals surface area (Å²) < 4.78 is 0. The summed E-state index contributed by atoms with van der Waals surface area (Å²) in [5.74, 6) is 1.53. The largest absolute Gasteiger partial charge is 0.339 e. The number of aryl methyl sites for hydroxylation is 1. The Hall–Kier alpha value is -1.88. The number of piperazine rings is 1. The van der Waals surface area contributed by atoms with Crippen LogP contribution >= 0.6 is 0 Å². The van der Waals surface area contributed by atoms with Gasteiger partial charge in [-0.15, -0.1) is 0 Å². The molecule has 2 fully saturated rings.